The van der Waals surface area contributed by atoms with Crippen LogP contribution >= 0.6 is 12.2 Å². The molecule has 2 fully saturated rings. The zero-order valence-corrected chi connectivity index (χ0v) is 11.1. The Hall–Kier alpha value is -0.230. The van der Waals surface area contributed by atoms with Crippen LogP contribution in [0.25, 0.3) is 0 Å². The van der Waals surface area contributed by atoms with Gasteiger partial charge in [0.2, 0.25) is 0 Å². The molecule has 2 saturated heterocycles. The first-order valence-electron chi connectivity index (χ1n) is 6.50. The van der Waals surface area contributed by atoms with E-state index in [2.05, 4.69) is 4.90 Å². The summed E-state index contributed by atoms with van der Waals surface area (Å²) >= 11 is 4.97. The van der Waals surface area contributed by atoms with Crippen molar-refractivity contribution in [2.75, 3.05) is 32.8 Å². The van der Waals surface area contributed by atoms with Gasteiger partial charge in [-0.25, -0.2) is 0 Å². The molecule has 2 N–H and O–H groups in total. The number of rotatable bonds is 5. The van der Waals surface area contributed by atoms with Gasteiger partial charge in [0.25, 0.3) is 0 Å². The molecule has 0 aromatic carbocycles. The summed E-state index contributed by atoms with van der Waals surface area (Å²) in [4.78, 5) is 2.87. The van der Waals surface area contributed by atoms with E-state index in [1.165, 1.54) is 25.7 Å². The van der Waals surface area contributed by atoms with Crippen LogP contribution in [-0.4, -0.2) is 54.9 Å². The molecule has 2 aliphatic rings. The molecule has 0 aromatic rings. The monoisotopic (exact) mass is 258 g/mol. The van der Waals surface area contributed by atoms with Gasteiger partial charge < -0.3 is 15.2 Å². The van der Waals surface area contributed by atoms with E-state index in [1.54, 1.807) is 0 Å². The molecular formula is C12H22N2O2S. The van der Waals surface area contributed by atoms with E-state index in [1.807, 2.05) is 0 Å². The predicted octanol–water partition coefficient (Wildman–Crippen LogP) is 0.932. The standard InChI is InChI=1S/C12H22N2O2S/c13-12(17)11-9-14(6-8-16-11)5-1-3-10-4-2-7-15-10/h10-11H,1-9H2,(H2,13,17). The number of nitrogens with two attached hydrogens (primary N) is 1. The van der Waals surface area contributed by atoms with Gasteiger partial charge in [0.15, 0.2) is 0 Å². The molecule has 2 heterocycles. The largest absolute Gasteiger partial charge is 0.391 e. The van der Waals surface area contributed by atoms with Crippen LogP contribution in [0.4, 0.5) is 0 Å². The van der Waals surface area contributed by atoms with Crippen LogP contribution in [0.2, 0.25) is 0 Å². The molecular weight excluding hydrogens is 236 g/mol. The third-order valence-corrected chi connectivity index (χ3v) is 3.76. The van der Waals surface area contributed by atoms with Crippen molar-refractivity contribution in [2.45, 2.75) is 37.9 Å². The smallest absolute Gasteiger partial charge is 0.120 e. The van der Waals surface area contributed by atoms with Gasteiger partial charge in [-0.05, 0) is 32.2 Å². The first-order chi connectivity index (χ1) is 8.25. The van der Waals surface area contributed by atoms with Gasteiger partial charge in [0.1, 0.15) is 11.1 Å². The SMILES string of the molecule is NC(=S)C1CN(CCCC2CCCO2)CCO1. The number of thiocarbonyl (C=S) groups is 1. The molecule has 98 valence electrons. The average Bonchev–Trinajstić information content (AvgIpc) is 2.82. The third-order valence-electron chi connectivity index (χ3n) is 3.49. The second kappa shape index (κ2) is 6.64. The molecule has 5 heteroatoms. The van der Waals surface area contributed by atoms with Gasteiger partial charge in [-0.2, -0.15) is 0 Å². The minimum absolute atomic E-state index is 0.0542. The zero-order valence-electron chi connectivity index (χ0n) is 10.3. The van der Waals surface area contributed by atoms with Gasteiger partial charge in [-0.1, -0.05) is 12.2 Å². The first-order valence-corrected chi connectivity index (χ1v) is 6.91. The van der Waals surface area contributed by atoms with Crippen LogP contribution < -0.4 is 5.73 Å². The lowest BCUT2D eigenvalue weighted by atomic mass is 10.1. The van der Waals surface area contributed by atoms with Crippen molar-refractivity contribution in [1.29, 1.82) is 0 Å². The second-order valence-electron chi connectivity index (χ2n) is 4.84. The molecule has 0 aliphatic carbocycles. The van der Waals surface area contributed by atoms with Gasteiger partial charge in [0.05, 0.1) is 12.7 Å². The van der Waals surface area contributed by atoms with E-state index in [-0.39, 0.29) is 6.10 Å². The molecule has 0 radical (unpaired) electrons. The summed E-state index contributed by atoms with van der Waals surface area (Å²) in [5.41, 5.74) is 5.62. The van der Waals surface area contributed by atoms with Crippen molar-refractivity contribution < 1.29 is 9.47 Å². The highest BCUT2D eigenvalue weighted by Crippen LogP contribution is 2.17. The van der Waals surface area contributed by atoms with Crippen molar-refractivity contribution in [3.05, 3.63) is 0 Å². The Morgan fingerprint density at radius 2 is 2.24 bits per heavy atom. The van der Waals surface area contributed by atoms with E-state index in [0.29, 0.717) is 11.1 Å². The minimum Gasteiger partial charge on any atom is -0.391 e. The summed E-state index contributed by atoms with van der Waals surface area (Å²) < 4.78 is 11.1. The summed E-state index contributed by atoms with van der Waals surface area (Å²) in [6.07, 6.45) is 5.28. The van der Waals surface area contributed by atoms with Crippen LogP contribution in [0.15, 0.2) is 0 Å². The quantitative estimate of drug-likeness (QED) is 0.744. The fourth-order valence-electron chi connectivity index (χ4n) is 2.49. The summed E-state index contributed by atoms with van der Waals surface area (Å²) in [7, 11) is 0. The van der Waals surface area contributed by atoms with Crippen LogP contribution in [0.3, 0.4) is 0 Å². The molecule has 2 unspecified atom stereocenters. The molecule has 17 heavy (non-hydrogen) atoms. The van der Waals surface area contributed by atoms with Crippen LogP contribution in [0.5, 0.6) is 0 Å². The van der Waals surface area contributed by atoms with Crippen LogP contribution in [-0.2, 0) is 9.47 Å². The zero-order chi connectivity index (χ0) is 12.1. The van der Waals surface area contributed by atoms with E-state index >= 15 is 0 Å². The van der Waals surface area contributed by atoms with Crippen molar-refractivity contribution in [3.8, 4) is 0 Å². The van der Waals surface area contributed by atoms with Crippen molar-refractivity contribution in [2.24, 2.45) is 5.73 Å². The lowest BCUT2D eigenvalue weighted by Gasteiger charge is -2.32. The minimum atomic E-state index is -0.0542. The van der Waals surface area contributed by atoms with E-state index < -0.39 is 0 Å². The van der Waals surface area contributed by atoms with Crippen molar-refractivity contribution >= 4 is 17.2 Å². The Labute approximate surface area is 108 Å². The summed E-state index contributed by atoms with van der Waals surface area (Å²) in [5, 5.41) is 0. The number of ether oxygens (including phenoxy) is 2. The van der Waals surface area contributed by atoms with Crippen molar-refractivity contribution in [1.82, 2.24) is 4.90 Å². The van der Waals surface area contributed by atoms with Crippen LogP contribution in [0, 0.1) is 0 Å². The molecule has 0 bridgehead atoms. The normalized spacial score (nSPS) is 30.6. The Morgan fingerprint density at radius 3 is 2.94 bits per heavy atom. The number of nitrogens with zero attached hydrogens (tertiary/aromatic N) is 1. The maximum absolute atomic E-state index is 5.62. The molecule has 2 atom stereocenters. The Bertz CT molecular complexity index is 257. The molecule has 0 saturated carbocycles. The highest BCUT2D eigenvalue weighted by molar-refractivity contribution is 7.80. The third kappa shape index (κ3) is 4.17. The van der Waals surface area contributed by atoms with Gasteiger partial charge in [0, 0.05) is 19.7 Å². The summed E-state index contributed by atoms with van der Waals surface area (Å²) in [6, 6.07) is 0. The number of hydrogen-bond donors (Lipinski definition) is 1. The summed E-state index contributed by atoms with van der Waals surface area (Å²) in [5.74, 6) is 0. The lowest BCUT2D eigenvalue weighted by Crippen LogP contribution is -2.48. The van der Waals surface area contributed by atoms with Gasteiger partial charge in [-0.3, -0.25) is 4.90 Å². The highest BCUT2D eigenvalue weighted by Gasteiger charge is 2.22. The maximum Gasteiger partial charge on any atom is 0.120 e. The predicted molar refractivity (Wildman–Crippen MR) is 71.2 cm³/mol. The molecule has 4 nitrogen and oxygen atoms in total. The molecule has 0 spiro atoms. The van der Waals surface area contributed by atoms with Crippen molar-refractivity contribution in [3.63, 3.8) is 0 Å². The van der Waals surface area contributed by atoms with E-state index in [9.17, 15) is 0 Å². The molecule has 0 amide bonds. The molecule has 2 aliphatic heterocycles. The first kappa shape index (κ1) is 13.2. The Kier molecular flexibility index (Phi) is 5.16. The number of morpholine rings is 1. The Morgan fingerprint density at radius 1 is 1.35 bits per heavy atom. The highest BCUT2D eigenvalue weighted by atomic mass is 32.1. The topological polar surface area (TPSA) is 47.7 Å². The van der Waals surface area contributed by atoms with Gasteiger partial charge in [-0.15, -0.1) is 0 Å². The molecule has 0 aromatic heterocycles. The average molecular weight is 258 g/mol. The fourth-order valence-corrected chi connectivity index (χ4v) is 2.63. The van der Waals surface area contributed by atoms with E-state index in [4.69, 9.17) is 27.4 Å². The fraction of sp³-hybridized carbons (Fsp3) is 0.917. The second-order valence-corrected chi connectivity index (χ2v) is 5.31. The Balaban J connectivity index is 1.62. The van der Waals surface area contributed by atoms with E-state index in [0.717, 1.165) is 32.8 Å². The summed E-state index contributed by atoms with van der Waals surface area (Å²) in [6.45, 7) is 4.63. The molecule has 2 rings (SSSR count). The van der Waals surface area contributed by atoms with Crippen LogP contribution in [0.1, 0.15) is 25.7 Å². The maximum atomic E-state index is 5.62. The van der Waals surface area contributed by atoms with Gasteiger partial charge >= 0.3 is 0 Å². The number of hydrogen-bond acceptors (Lipinski definition) is 4. The lowest BCUT2D eigenvalue weighted by molar-refractivity contribution is 0.00497.